The van der Waals surface area contributed by atoms with E-state index in [-0.39, 0.29) is 12.6 Å². The molecule has 0 spiro atoms. The zero-order chi connectivity index (χ0) is 11.7. The Hall–Kier alpha value is -1.39. The van der Waals surface area contributed by atoms with Gasteiger partial charge >= 0.3 is 0 Å². The summed E-state index contributed by atoms with van der Waals surface area (Å²) in [5.41, 5.74) is 8.81. The maximum absolute atomic E-state index is 9.03. The Morgan fingerprint density at radius 3 is 2.94 bits per heavy atom. The van der Waals surface area contributed by atoms with E-state index in [1.165, 1.54) is 0 Å². The van der Waals surface area contributed by atoms with Gasteiger partial charge in [-0.3, -0.25) is 0 Å². The average Bonchev–Trinajstić information content (AvgIpc) is 2.64. The van der Waals surface area contributed by atoms with E-state index in [9.17, 15) is 0 Å². The molecular weight excluding hydrogens is 202 g/mol. The van der Waals surface area contributed by atoms with E-state index in [4.69, 9.17) is 10.8 Å². The van der Waals surface area contributed by atoms with Crippen molar-refractivity contribution in [2.24, 2.45) is 5.73 Å². The molecule has 0 saturated heterocycles. The van der Waals surface area contributed by atoms with Crippen LogP contribution in [0.2, 0.25) is 0 Å². The van der Waals surface area contributed by atoms with Crippen LogP contribution in [0, 0.1) is 6.92 Å². The lowest BCUT2D eigenvalue weighted by Crippen LogP contribution is -2.14. The zero-order valence-electron chi connectivity index (χ0n) is 9.64. The monoisotopic (exact) mass is 219 g/mol. The summed E-state index contributed by atoms with van der Waals surface area (Å²) in [7, 11) is 0. The Bertz CT molecular complexity index is 504. The molecule has 4 heteroatoms. The second kappa shape index (κ2) is 4.23. The molecule has 0 bridgehead atoms. The number of hydrogen-bond acceptors (Lipinski definition) is 3. The predicted molar refractivity (Wildman–Crippen MR) is 63.3 cm³/mol. The summed E-state index contributed by atoms with van der Waals surface area (Å²) >= 11 is 0. The van der Waals surface area contributed by atoms with Crippen LogP contribution in [0.15, 0.2) is 18.3 Å². The van der Waals surface area contributed by atoms with Crippen LogP contribution in [0.3, 0.4) is 0 Å². The number of rotatable bonds is 3. The topological polar surface area (TPSA) is 63.5 Å². The van der Waals surface area contributed by atoms with Gasteiger partial charge in [-0.05, 0) is 24.6 Å². The molecule has 0 saturated carbocycles. The highest BCUT2D eigenvalue weighted by molar-refractivity contribution is 5.55. The quantitative estimate of drug-likeness (QED) is 0.815. The van der Waals surface area contributed by atoms with Crippen molar-refractivity contribution in [2.45, 2.75) is 26.3 Å². The van der Waals surface area contributed by atoms with Gasteiger partial charge in [0.1, 0.15) is 5.82 Å². The van der Waals surface area contributed by atoms with Crippen LogP contribution in [0.5, 0.6) is 0 Å². The first-order valence-electron chi connectivity index (χ1n) is 5.51. The molecule has 0 aromatic carbocycles. The first kappa shape index (κ1) is 11.1. The van der Waals surface area contributed by atoms with Crippen LogP contribution in [0.1, 0.15) is 30.0 Å². The minimum Gasteiger partial charge on any atom is -0.394 e. The van der Waals surface area contributed by atoms with Gasteiger partial charge < -0.3 is 15.2 Å². The minimum atomic E-state index is -0.315. The van der Waals surface area contributed by atoms with E-state index in [1.807, 2.05) is 25.3 Å². The second-order valence-electron chi connectivity index (χ2n) is 3.97. The molecule has 0 fully saturated rings. The SMILES string of the molecule is CCc1nc(C)c2cc(C(N)CO)ccn12. The Morgan fingerprint density at radius 1 is 1.56 bits per heavy atom. The third-order valence-corrected chi connectivity index (χ3v) is 2.87. The molecule has 86 valence electrons. The number of aromatic nitrogens is 2. The maximum atomic E-state index is 9.03. The fourth-order valence-corrected chi connectivity index (χ4v) is 1.91. The van der Waals surface area contributed by atoms with Crippen LogP contribution in [0.4, 0.5) is 0 Å². The number of pyridine rings is 1. The number of hydrogen-bond donors (Lipinski definition) is 2. The third kappa shape index (κ3) is 1.70. The molecule has 0 aliphatic rings. The molecule has 1 atom stereocenters. The smallest absolute Gasteiger partial charge is 0.113 e. The normalized spacial score (nSPS) is 13.2. The van der Waals surface area contributed by atoms with E-state index < -0.39 is 0 Å². The van der Waals surface area contributed by atoms with Crippen molar-refractivity contribution in [3.8, 4) is 0 Å². The summed E-state index contributed by atoms with van der Waals surface area (Å²) < 4.78 is 2.07. The zero-order valence-corrected chi connectivity index (χ0v) is 9.64. The van der Waals surface area contributed by atoms with E-state index in [0.29, 0.717) is 0 Å². The van der Waals surface area contributed by atoms with Crippen molar-refractivity contribution >= 4 is 5.52 Å². The summed E-state index contributed by atoms with van der Waals surface area (Å²) in [6.07, 6.45) is 2.87. The van der Waals surface area contributed by atoms with Gasteiger partial charge in [-0.2, -0.15) is 0 Å². The number of aliphatic hydroxyl groups excluding tert-OH is 1. The number of nitrogens with zero attached hydrogens (tertiary/aromatic N) is 2. The minimum absolute atomic E-state index is 0.0377. The highest BCUT2D eigenvalue weighted by Crippen LogP contribution is 2.18. The van der Waals surface area contributed by atoms with Crippen molar-refractivity contribution in [3.05, 3.63) is 35.4 Å². The molecule has 2 aromatic rings. The molecule has 0 aliphatic carbocycles. The summed E-state index contributed by atoms with van der Waals surface area (Å²) in [6.45, 7) is 4.04. The molecule has 2 rings (SSSR count). The van der Waals surface area contributed by atoms with Crippen LogP contribution in [-0.2, 0) is 6.42 Å². The van der Waals surface area contributed by atoms with Crippen LogP contribution in [0.25, 0.3) is 5.52 Å². The molecule has 2 heterocycles. The van der Waals surface area contributed by atoms with Crippen LogP contribution >= 0.6 is 0 Å². The molecule has 2 aromatic heterocycles. The van der Waals surface area contributed by atoms with Crippen LogP contribution in [-0.4, -0.2) is 21.1 Å². The van der Waals surface area contributed by atoms with Crippen molar-refractivity contribution in [1.82, 2.24) is 9.38 Å². The number of imidazole rings is 1. The Labute approximate surface area is 94.7 Å². The molecule has 16 heavy (non-hydrogen) atoms. The average molecular weight is 219 g/mol. The van der Waals surface area contributed by atoms with Gasteiger partial charge in [-0.25, -0.2) is 4.98 Å². The van der Waals surface area contributed by atoms with Crippen molar-refractivity contribution in [3.63, 3.8) is 0 Å². The van der Waals surface area contributed by atoms with Gasteiger partial charge in [0.15, 0.2) is 0 Å². The lowest BCUT2D eigenvalue weighted by molar-refractivity contribution is 0.268. The summed E-state index contributed by atoms with van der Waals surface area (Å²) in [4.78, 5) is 4.49. The van der Waals surface area contributed by atoms with Crippen molar-refractivity contribution in [1.29, 1.82) is 0 Å². The standard InChI is InChI=1S/C12H17N3O/c1-3-12-14-8(2)11-6-9(10(13)7-16)4-5-15(11)12/h4-6,10,16H,3,7,13H2,1-2H3. The molecule has 0 radical (unpaired) electrons. The predicted octanol–water partition coefficient (Wildman–Crippen LogP) is 1.20. The Morgan fingerprint density at radius 2 is 2.31 bits per heavy atom. The van der Waals surface area contributed by atoms with Gasteiger partial charge in [0.25, 0.3) is 0 Å². The van der Waals surface area contributed by atoms with E-state index in [1.54, 1.807) is 0 Å². The molecule has 1 unspecified atom stereocenters. The summed E-state index contributed by atoms with van der Waals surface area (Å²) in [6, 6.07) is 3.63. The molecule has 3 N–H and O–H groups in total. The summed E-state index contributed by atoms with van der Waals surface area (Å²) in [5, 5.41) is 9.03. The Kier molecular flexibility index (Phi) is 2.94. The number of aliphatic hydroxyl groups is 1. The number of fused-ring (bicyclic) bond motifs is 1. The highest BCUT2D eigenvalue weighted by Gasteiger charge is 2.09. The molecule has 0 aliphatic heterocycles. The Balaban J connectivity index is 2.58. The van der Waals surface area contributed by atoms with E-state index >= 15 is 0 Å². The number of nitrogens with two attached hydrogens (primary N) is 1. The maximum Gasteiger partial charge on any atom is 0.113 e. The fourth-order valence-electron chi connectivity index (χ4n) is 1.91. The fraction of sp³-hybridized carbons (Fsp3) is 0.417. The van der Waals surface area contributed by atoms with Gasteiger partial charge in [0, 0.05) is 12.6 Å². The summed E-state index contributed by atoms with van der Waals surface area (Å²) in [5.74, 6) is 1.05. The number of aryl methyl sites for hydroxylation is 2. The van der Waals surface area contributed by atoms with Gasteiger partial charge in [0.2, 0.25) is 0 Å². The highest BCUT2D eigenvalue weighted by atomic mass is 16.3. The van der Waals surface area contributed by atoms with Gasteiger partial charge in [0.05, 0.1) is 23.9 Å². The van der Waals surface area contributed by atoms with Gasteiger partial charge in [-0.15, -0.1) is 0 Å². The first-order chi connectivity index (χ1) is 7.67. The van der Waals surface area contributed by atoms with Crippen molar-refractivity contribution in [2.75, 3.05) is 6.61 Å². The van der Waals surface area contributed by atoms with E-state index in [0.717, 1.165) is 29.0 Å². The lowest BCUT2D eigenvalue weighted by atomic mass is 10.1. The molecular formula is C12H17N3O. The molecule has 0 amide bonds. The van der Waals surface area contributed by atoms with Crippen molar-refractivity contribution < 1.29 is 5.11 Å². The van der Waals surface area contributed by atoms with Gasteiger partial charge in [-0.1, -0.05) is 6.92 Å². The lowest BCUT2D eigenvalue weighted by Gasteiger charge is -2.09. The second-order valence-corrected chi connectivity index (χ2v) is 3.97. The molecule has 4 nitrogen and oxygen atoms in total. The van der Waals surface area contributed by atoms with Crippen LogP contribution < -0.4 is 5.73 Å². The largest absolute Gasteiger partial charge is 0.394 e. The third-order valence-electron chi connectivity index (χ3n) is 2.87. The first-order valence-corrected chi connectivity index (χ1v) is 5.51. The van der Waals surface area contributed by atoms with E-state index in [2.05, 4.69) is 16.3 Å².